The first-order chi connectivity index (χ1) is 31.8. The molecule has 1 aliphatic carbocycles. The highest BCUT2D eigenvalue weighted by molar-refractivity contribution is 5.98. The predicted molar refractivity (Wildman–Crippen MR) is 239 cm³/mol. The highest BCUT2D eigenvalue weighted by Crippen LogP contribution is 2.50. The van der Waals surface area contributed by atoms with E-state index in [-0.39, 0.29) is 67.7 Å². The van der Waals surface area contributed by atoms with Crippen molar-refractivity contribution in [3.05, 3.63) is 88.5 Å². The summed E-state index contributed by atoms with van der Waals surface area (Å²) in [5.41, 5.74) is -4.30. The number of hydrogen-bond acceptors (Lipinski definition) is 12. The fourth-order valence-electron chi connectivity index (χ4n) is 9.69. The van der Waals surface area contributed by atoms with Crippen molar-refractivity contribution < 1.29 is 55.5 Å². The smallest absolute Gasteiger partial charge is 0.417 e. The molecule has 3 aliphatic heterocycles. The van der Waals surface area contributed by atoms with Crippen LogP contribution in [0, 0.1) is 24.0 Å². The second-order valence-corrected chi connectivity index (χ2v) is 19.0. The molecule has 18 heteroatoms. The van der Waals surface area contributed by atoms with Crippen LogP contribution in [0.1, 0.15) is 75.6 Å². The Kier molecular flexibility index (Phi) is 11.8. The van der Waals surface area contributed by atoms with E-state index in [4.69, 9.17) is 28.7 Å². The molecule has 356 valence electrons. The largest absolute Gasteiger partial charge is 0.497 e. The number of carbonyl (C=O) groups is 1. The summed E-state index contributed by atoms with van der Waals surface area (Å²) in [6.07, 6.45) is -3.89. The molecular weight excluding hydrogens is 880 g/mol. The lowest BCUT2D eigenvalue weighted by Crippen LogP contribution is -2.65. The number of piperazine rings is 1. The number of carbonyl (C=O) groups excluding carboxylic acids is 1. The molecule has 2 aromatic heterocycles. The number of benzene rings is 3. The number of methoxy groups -OCH3 is 2. The van der Waals surface area contributed by atoms with Gasteiger partial charge in [0.1, 0.15) is 51.4 Å². The van der Waals surface area contributed by atoms with Crippen molar-refractivity contribution >= 4 is 28.5 Å². The van der Waals surface area contributed by atoms with Crippen LogP contribution in [-0.4, -0.2) is 94.9 Å². The molecule has 1 amide bonds. The van der Waals surface area contributed by atoms with E-state index >= 15 is 22.0 Å². The van der Waals surface area contributed by atoms with Crippen molar-refractivity contribution in [3.8, 4) is 34.6 Å². The zero-order valence-electron chi connectivity index (χ0n) is 38.3. The zero-order chi connectivity index (χ0) is 47.7. The van der Waals surface area contributed by atoms with Gasteiger partial charge in [-0.1, -0.05) is 24.3 Å². The molecule has 2 saturated heterocycles. The van der Waals surface area contributed by atoms with Crippen LogP contribution in [0.2, 0.25) is 0 Å². The number of fused-ring (bicyclic) bond motifs is 5. The highest BCUT2D eigenvalue weighted by Gasteiger charge is 2.54. The third-order valence-corrected chi connectivity index (χ3v) is 13.3. The molecule has 0 spiro atoms. The number of anilines is 2. The summed E-state index contributed by atoms with van der Waals surface area (Å²) in [5, 5.41) is 10.1. The van der Waals surface area contributed by atoms with Crippen LogP contribution in [0.15, 0.2) is 54.6 Å². The highest BCUT2D eigenvalue weighted by atomic mass is 19.4. The molecule has 13 nitrogen and oxygen atoms in total. The van der Waals surface area contributed by atoms with Crippen molar-refractivity contribution in [2.45, 2.75) is 109 Å². The molecule has 9 rings (SSSR count). The van der Waals surface area contributed by atoms with E-state index < -0.39 is 81.0 Å². The average Bonchev–Trinajstić information content (AvgIpc) is 4.03. The minimum atomic E-state index is -5.18. The van der Waals surface area contributed by atoms with Gasteiger partial charge in [-0.15, -0.1) is 0 Å². The molecule has 1 N–H and O–H groups in total. The third-order valence-electron chi connectivity index (χ3n) is 13.3. The predicted octanol–water partition coefficient (Wildman–Crippen LogP) is 9.41. The van der Waals surface area contributed by atoms with Gasteiger partial charge >= 0.3 is 18.3 Å². The molecule has 3 fully saturated rings. The number of amides is 1. The summed E-state index contributed by atoms with van der Waals surface area (Å²) < 4.78 is 110. The molecule has 0 radical (unpaired) electrons. The number of nitrogens with zero attached hydrogens (tertiary/aromatic N) is 6. The van der Waals surface area contributed by atoms with Crippen LogP contribution in [-0.2, 0) is 24.0 Å². The lowest BCUT2D eigenvalue weighted by Gasteiger charge is -2.48. The number of pyridine rings is 1. The Labute approximate surface area is 384 Å². The van der Waals surface area contributed by atoms with E-state index in [1.807, 2.05) is 4.90 Å². The summed E-state index contributed by atoms with van der Waals surface area (Å²) in [6, 6.07) is 13.3. The number of ether oxygens (including phenoxy) is 5. The van der Waals surface area contributed by atoms with Gasteiger partial charge in [0, 0.05) is 30.6 Å². The van der Waals surface area contributed by atoms with E-state index in [2.05, 4.69) is 9.97 Å². The Hall–Kier alpha value is -6.17. The Bertz CT molecular complexity index is 2640. The molecule has 4 atom stereocenters. The lowest BCUT2D eigenvalue weighted by molar-refractivity contribution is -0.137. The normalized spacial score (nSPS) is 20.5. The maximum absolute atomic E-state index is 17.8. The van der Waals surface area contributed by atoms with Crippen LogP contribution in [0.25, 0.3) is 22.2 Å². The lowest BCUT2D eigenvalue weighted by atomic mass is 9.95. The number of hydrogen-bond donors (Lipinski definition) is 1. The number of aliphatic hydroxyl groups excluding tert-OH is 1. The molecule has 5 aromatic rings. The minimum absolute atomic E-state index is 0.00427. The second-order valence-electron chi connectivity index (χ2n) is 19.0. The fourth-order valence-corrected chi connectivity index (χ4v) is 9.69. The average molecular weight is 933 g/mol. The number of rotatable bonds is 12. The van der Waals surface area contributed by atoms with Gasteiger partial charge in [0.2, 0.25) is 5.88 Å². The summed E-state index contributed by atoms with van der Waals surface area (Å²) in [6.45, 7) is 8.26. The monoisotopic (exact) mass is 932 g/mol. The molecule has 0 unspecified atom stereocenters. The second kappa shape index (κ2) is 17.2. The fraction of sp³-hybridized carbons (Fsp3) is 0.469. The molecule has 67 heavy (non-hydrogen) atoms. The van der Waals surface area contributed by atoms with E-state index in [9.17, 15) is 9.90 Å². The maximum atomic E-state index is 17.8. The minimum Gasteiger partial charge on any atom is -0.497 e. The van der Waals surface area contributed by atoms with Crippen LogP contribution in [0.4, 0.5) is 38.3 Å². The number of aliphatic hydroxyl groups is 1. The molecular formula is C49H53F5N6O7. The Balaban J connectivity index is 1.22. The van der Waals surface area contributed by atoms with Gasteiger partial charge in [-0.05, 0) is 107 Å². The van der Waals surface area contributed by atoms with E-state index in [1.165, 1.54) is 14.2 Å². The zero-order valence-corrected chi connectivity index (χ0v) is 38.3. The Morgan fingerprint density at radius 3 is 2.10 bits per heavy atom. The van der Waals surface area contributed by atoms with Gasteiger partial charge < -0.3 is 38.6 Å². The Morgan fingerprint density at radius 2 is 1.55 bits per heavy atom. The van der Waals surface area contributed by atoms with Gasteiger partial charge in [0.15, 0.2) is 5.82 Å². The first kappa shape index (κ1) is 46.0. The summed E-state index contributed by atoms with van der Waals surface area (Å²) >= 11 is 0. The summed E-state index contributed by atoms with van der Waals surface area (Å²) in [4.78, 5) is 32.8. The van der Waals surface area contributed by atoms with Gasteiger partial charge in [0.05, 0.1) is 56.8 Å². The summed E-state index contributed by atoms with van der Waals surface area (Å²) in [5.74, 6) is -1.31. The van der Waals surface area contributed by atoms with Crippen molar-refractivity contribution in [2.24, 2.45) is 5.41 Å². The molecule has 1 saturated carbocycles. The quantitative estimate of drug-likeness (QED) is 0.120. The molecule has 5 heterocycles. The van der Waals surface area contributed by atoms with E-state index in [0.29, 0.717) is 48.3 Å². The third kappa shape index (κ3) is 8.68. The molecule has 3 aromatic carbocycles. The van der Waals surface area contributed by atoms with E-state index in [1.54, 1.807) is 86.0 Å². The SMILES string of the molecule is COc1ccc(CN(Cc2ccc(OC)cc2)c2cc(-c3nc4c5c(nc(OCC6(CO)CC6)nc5c3F)N3C[C@H]5CC[C@@H]([C@H]3[C@H](C)O4)N5C(=O)OC(C)(C)C)c(C(F)(F)F)c(C)c2F)cc1. The van der Waals surface area contributed by atoms with Crippen LogP contribution >= 0.6 is 0 Å². The van der Waals surface area contributed by atoms with E-state index in [0.717, 1.165) is 13.0 Å². The molecule has 2 bridgehead atoms. The van der Waals surface area contributed by atoms with Crippen LogP contribution in [0.5, 0.6) is 23.4 Å². The van der Waals surface area contributed by atoms with Crippen LogP contribution in [0.3, 0.4) is 0 Å². The topological polar surface area (TPSA) is 132 Å². The van der Waals surface area contributed by atoms with Crippen molar-refractivity contribution in [2.75, 3.05) is 43.8 Å². The van der Waals surface area contributed by atoms with Crippen molar-refractivity contribution in [1.82, 2.24) is 19.9 Å². The van der Waals surface area contributed by atoms with Gasteiger partial charge in [0.25, 0.3) is 0 Å². The van der Waals surface area contributed by atoms with Gasteiger partial charge in [-0.25, -0.2) is 18.6 Å². The summed E-state index contributed by atoms with van der Waals surface area (Å²) in [7, 11) is 3.04. The van der Waals surface area contributed by atoms with Gasteiger partial charge in [-0.2, -0.15) is 23.1 Å². The molecule has 4 aliphatic rings. The number of aromatic nitrogens is 3. The Morgan fingerprint density at radius 1 is 0.925 bits per heavy atom. The number of alkyl halides is 3. The first-order valence-corrected chi connectivity index (χ1v) is 22.3. The van der Waals surface area contributed by atoms with Gasteiger partial charge in [-0.3, -0.25) is 4.90 Å². The standard InChI is InChI=1S/C49H53F5N6O7/c1-26-37(49(52,53)54)33(20-35(38(26)50)58(21-28-8-13-31(63-6)14-9-28)22-29-10-15-32(64-7)16-11-29)40-39(51)41-36-43(57-45(56-41)65-25-48(24-61)18-19-48)59-23-30-12-17-34(42(59)27(2)66-44(36)55-40)60(30)46(62)67-47(3,4)5/h8-11,13-16,20,27,30,34,42,61H,12,17-19,21-25H2,1-7H3/t27-,30+,34-,42+/m0/s1. The van der Waals surface area contributed by atoms with Crippen molar-refractivity contribution in [1.29, 1.82) is 0 Å². The maximum Gasteiger partial charge on any atom is 0.417 e. The van der Waals surface area contributed by atoms with Crippen LogP contribution < -0.4 is 28.7 Å². The number of halogens is 5. The first-order valence-electron chi connectivity index (χ1n) is 22.3. The van der Waals surface area contributed by atoms with Crippen molar-refractivity contribution in [3.63, 3.8) is 0 Å².